The lowest BCUT2D eigenvalue weighted by molar-refractivity contribution is -0.120. The molecule has 1 aromatic heterocycles. The Bertz CT molecular complexity index is 346. The predicted molar refractivity (Wildman–Crippen MR) is 47.4 cm³/mol. The van der Waals surface area contributed by atoms with Crippen LogP contribution in [0.3, 0.4) is 0 Å². The third kappa shape index (κ3) is 1.73. The first-order valence-corrected chi connectivity index (χ1v) is 4.35. The molecule has 0 aliphatic carbocycles. The molecule has 1 atom stereocenters. The third-order valence-corrected chi connectivity index (χ3v) is 2.08. The second-order valence-electron chi connectivity index (χ2n) is 3.09. The number of aromatic amines is 1. The van der Waals surface area contributed by atoms with Crippen LogP contribution in [0.1, 0.15) is 12.2 Å². The molecule has 1 fully saturated rings. The van der Waals surface area contributed by atoms with E-state index in [1.807, 2.05) is 0 Å². The van der Waals surface area contributed by atoms with Crippen LogP contribution >= 0.6 is 0 Å². The number of hydrogen-bond donors (Lipinski definition) is 3. The Morgan fingerprint density at radius 3 is 2.86 bits per heavy atom. The van der Waals surface area contributed by atoms with Gasteiger partial charge < -0.3 is 10.3 Å². The van der Waals surface area contributed by atoms with E-state index in [4.69, 9.17) is 0 Å². The minimum absolute atomic E-state index is 0.262. The van der Waals surface area contributed by atoms with Gasteiger partial charge in [-0.25, -0.2) is 9.78 Å². The van der Waals surface area contributed by atoms with Crippen molar-refractivity contribution in [3.8, 4) is 0 Å². The van der Waals surface area contributed by atoms with Crippen molar-refractivity contribution >= 4 is 11.9 Å². The van der Waals surface area contributed by atoms with Crippen molar-refractivity contribution in [3.05, 3.63) is 18.2 Å². The number of carbonyl (C=O) groups excluding carboxylic acids is 2. The fraction of sp³-hybridized carbons (Fsp3) is 0.375. The molecule has 0 radical (unpaired) electrons. The van der Waals surface area contributed by atoms with Gasteiger partial charge in [0.1, 0.15) is 11.9 Å². The summed E-state index contributed by atoms with van der Waals surface area (Å²) in [5.74, 6) is 0.556. The van der Waals surface area contributed by atoms with Gasteiger partial charge in [-0.15, -0.1) is 0 Å². The standard InChI is InChI=1S/C8H10N4O2/c13-7-5(11-8(14)12-7)1-2-6-9-3-4-10-6/h3-5H,1-2H2,(H,9,10)(H2,11,12,13,14). The largest absolute Gasteiger partial charge is 0.349 e. The Morgan fingerprint density at radius 1 is 1.43 bits per heavy atom. The number of nitrogens with zero attached hydrogens (tertiary/aromatic N) is 1. The molecule has 3 N–H and O–H groups in total. The lowest BCUT2D eigenvalue weighted by Crippen LogP contribution is -2.29. The van der Waals surface area contributed by atoms with Crippen LogP contribution in [0.4, 0.5) is 4.79 Å². The number of urea groups is 1. The number of H-pyrrole nitrogens is 1. The molecule has 1 aliphatic heterocycles. The zero-order chi connectivity index (χ0) is 9.97. The van der Waals surface area contributed by atoms with Crippen LogP contribution < -0.4 is 10.6 Å². The predicted octanol–water partition coefficient (Wildman–Crippen LogP) is -0.450. The Kier molecular flexibility index (Phi) is 2.18. The topological polar surface area (TPSA) is 86.9 Å². The Hall–Kier alpha value is -1.85. The molecule has 1 unspecified atom stereocenters. The van der Waals surface area contributed by atoms with Crippen molar-refractivity contribution in [1.29, 1.82) is 0 Å². The first kappa shape index (κ1) is 8.74. The first-order valence-electron chi connectivity index (χ1n) is 4.35. The summed E-state index contributed by atoms with van der Waals surface area (Å²) in [6.45, 7) is 0. The normalized spacial score (nSPS) is 20.7. The van der Waals surface area contributed by atoms with E-state index < -0.39 is 12.1 Å². The average molecular weight is 194 g/mol. The molecule has 0 bridgehead atoms. The summed E-state index contributed by atoms with van der Waals surface area (Å²) in [6.07, 6.45) is 4.59. The summed E-state index contributed by atoms with van der Waals surface area (Å²) in [5.41, 5.74) is 0. The smallest absolute Gasteiger partial charge is 0.322 e. The molecule has 0 spiro atoms. The second kappa shape index (κ2) is 3.49. The Labute approximate surface area is 80.1 Å². The number of rotatable bonds is 3. The molecule has 1 saturated heterocycles. The quantitative estimate of drug-likeness (QED) is 0.569. The zero-order valence-electron chi connectivity index (χ0n) is 7.41. The van der Waals surface area contributed by atoms with Crippen LogP contribution in [0.15, 0.2) is 12.4 Å². The van der Waals surface area contributed by atoms with E-state index >= 15 is 0 Å². The second-order valence-corrected chi connectivity index (χ2v) is 3.09. The van der Waals surface area contributed by atoms with Crippen LogP contribution in [0.5, 0.6) is 0 Å². The molecule has 1 aliphatic rings. The van der Waals surface area contributed by atoms with E-state index in [0.717, 1.165) is 5.82 Å². The molecular formula is C8H10N4O2. The van der Waals surface area contributed by atoms with Gasteiger partial charge in [-0.3, -0.25) is 10.1 Å². The number of imide groups is 1. The van der Waals surface area contributed by atoms with Gasteiger partial charge in [-0.05, 0) is 6.42 Å². The molecule has 6 nitrogen and oxygen atoms in total. The van der Waals surface area contributed by atoms with Crippen LogP contribution in [0.25, 0.3) is 0 Å². The molecule has 2 rings (SSSR count). The van der Waals surface area contributed by atoms with Crippen molar-refractivity contribution < 1.29 is 9.59 Å². The Morgan fingerprint density at radius 2 is 2.29 bits per heavy atom. The SMILES string of the molecule is O=C1NC(=O)C(CCc2ncc[nH]2)N1. The molecule has 3 amide bonds. The maximum atomic E-state index is 11.1. The molecule has 1 aromatic rings. The zero-order valence-corrected chi connectivity index (χ0v) is 7.41. The van der Waals surface area contributed by atoms with Crippen LogP contribution in [-0.2, 0) is 11.2 Å². The molecule has 2 heterocycles. The molecule has 74 valence electrons. The van der Waals surface area contributed by atoms with E-state index in [9.17, 15) is 9.59 Å². The van der Waals surface area contributed by atoms with Gasteiger partial charge in [0.15, 0.2) is 0 Å². The highest BCUT2D eigenvalue weighted by Crippen LogP contribution is 2.03. The van der Waals surface area contributed by atoms with Gasteiger partial charge >= 0.3 is 6.03 Å². The van der Waals surface area contributed by atoms with Gasteiger partial charge in [0, 0.05) is 18.8 Å². The van der Waals surface area contributed by atoms with Gasteiger partial charge in [0.05, 0.1) is 0 Å². The molecule has 6 heteroatoms. The summed E-state index contributed by atoms with van der Waals surface area (Å²) >= 11 is 0. The van der Waals surface area contributed by atoms with E-state index in [0.29, 0.717) is 12.8 Å². The minimum atomic E-state index is -0.424. The summed E-state index contributed by atoms with van der Waals surface area (Å²) in [4.78, 5) is 28.8. The molecule has 14 heavy (non-hydrogen) atoms. The molecule has 0 saturated carbocycles. The van der Waals surface area contributed by atoms with E-state index in [-0.39, 0.29) is 5.91 Å². The number of carbonyl (C=O) groups is 2. The van der Waals surface area contributed by atoms with Crippen LogP contribution in [0, 0.1) is 0 Å². The van der Waals surface area contributed by atoms with Crippen molar-refractivity contribution in [2.24, 2.45) is 0 Å². The van der Waals surface area contributed by atoms with Crippen LogP contribution in [-0.4, -0.2) is 27.9 Å². The van der Waals surface area contributed by atoms with Crippen molar-refractivity contribution in [3.63, 3.8) is 0 Å². The number of hydrogen-bond acceptors (Lipinski definition) is 3. The molecular weight excluding hydrogens is 184 g/mol. The van der Waals surface area contributed by atoms with Gasteiger partial charge in [0.25, 0.3) is 5.91 Å². The maximum Gasteiger partial charge on any atom is 0.322 e. The van der Waals surface area contributed by atoms with E-state index in [2.05, 4.69) is 20.6 Å². The van der Waals surface area contributed by atoms with E-state index in [1.165, 1.54) is 0 Å². The summed E-state index contributed by atoms with van der Waals surface area (Å²) in [5, 5.41) is 4.70. The van der Waals surface area contributed by atoms with Gasteiger partial charge in [-0.2, -0.15) is 0 Å². The van der Waals surface area contributed by atoms with Crippen molar-refractivity contribution in [2.75, 3.05) is 0 Å². The highest BCUT2D eigenvalue weighted by molar-refractivity contribution is 6.04. The number of aryl methyl sites for hydroxylation is 1. The first-order chi connectivity index (χ1) is 6.75. The van der Waals surface area contributed by atoms with Crippen molar-refractivity contribution in [1.82, 2.24) is 20.6 Å². The highest BCUT2D eigenvalue weighted by atomic mass is 16.2. The van der Waals surface area contributed by atoms with Crippen LogP contribution in [0.2, 0.25) is 0 Å². The molecule has 0 aromatic carbocycles. The maximum absolute atomic E-state index is 11.1. The van der Waals surface area contributed by atoms with E-state index in [1.54, 1.807) is 12.4 Å². The number of imidazole rings is 1. The van der Waals surface area contributed by atoms with Gasteiger partial charge in [-0.1, -0.05) is 0 Å². The lowest BCUT2D eigenvalue weighted by Gasteiger charge is -2.04. The fourth-order valence-corrected chi connectivity index (χ4v) is 1.38. The number of nitrogens with one attached hydrogen (secondary N) is 3. The number of amides is 3. The summed E-state index contributed by atoms with van der Waals surface area (Å²) in [7, 11) is 0. The average Bonchev–Trinajstić information content (AvgIpc) is 2.72. The minimum Gasteiger partial charge on any atom is -0.349 e. The highest BCUT2D eigenvalue weighted by Gasteiger charge is 2.28. The van der Waals surface area contributed by atoms with Crippen molar-refractivity contribution in [2.45, 2.75) is 18.9 Å². The summed E-state index contributed by atoms with van der Waals surface area (Å²) in [6, 6.07) is -0.841. The van der Waals surface area contributed by atoms with Gasteiger partial charge in [0.2, 0.25) is 0 Å². The Balaban J connectivity index is 1.87. The summed E-state index contributed by atoms with van der Waals surface area (Å²) < 4.78 is 0. The monoisotopic (exact) mass is 194 g/mol. The third-order valence-electron chi connectivity index (χ3n) is 2.08. The number of aromatic nitrogens is 2. The lowest BCUT2D eigenvalue weighted by atomic mass is 10.1. The fourth-order valence-electron chi connectivity index (χ4n) is 1.38.